The molecule has 3 heterocycles. The van der Waals surface area contributed by atoms with Gasteiger partial charge in [0.05, 0.1) is 17.7 Å². The molecule has 3 rings (SSSR count). The van der Waals surface area contributed by atoms with Gasteiger partial charge in [0.25, 0.3) is 5.56 Å². The minimum Gasteiger partial charge on any atom is -0.398 e. The van der Waals surface area contributed by atoms with Crippen LogP contribution in [0.2, 0.25) is 0 Å². The maximum atomic E-state index is 14.7. The fourth-order valence-corrected chi connectivity index (χ4v) is 2.65. The molecule has 2 aromatic rings. The fraction of sp³-hybridized carbons (Fsp3) is 0.368. The minimum absolute atomic E-state index is 0.239. The molecular weight excluding hydrogens is 334 g/mol. The predicted octanol–water partition coefficient (Wildman–Crippen LogP) is 3.23. The van der Waals surface area contributed by atoms with Gasteiger partial charge in [-0.15, -0.1) is 0 Å². The Kier molecular flexibility index (Phi) is 4.86. The Hall–Kier alpha value is -2.25. The van der Waals surface area contributed by atoms with Gasteiger partial charge in [0, 0.05) is 24.2 Å². The highest BCUT2D eigenvalue weighted by Gasteiger charge is 2.53. The van der Waals surface area contributed by atoms with Crippen LogP contribution in [0.25, 0.3) is 6.08 Å². The third-order valence-electron chi connectivity index (χ3n) is 4.90. The molecule has 0 radical (unpaired) electrons. The van der Waals surface area contributed by atoms with Crippen molar-refractivity contribution in [3.05, 3.63) is 70.1 Å². The largest absolute Gasteiger partial charge is 0.525 e. The number of nitrogens with zero attached hydrogens (tertiary/aromatic N) is 2. The second-order valence-corrected chi connectivity index (χ2v) is 7.38. The first-order valence-corrected chi connectivity index (χ1v) is 8.51. The van der Waals surface area contributed by atoms with Crippen LogP contribution in [0.5, 0.6) is 0 Å². The minimum atomic E-state index is -1.12. The Bertz CT molecular complexity index is 862. The summed E-state index contributed by atoms with van der Waals surface area (Å²) in [6, 6.07) is 6.98. The smallest absolute Gasteiger partial charge is 0.398 e. The average Bonchev–Trinajstić information content (AvgIpc) is 2.80. The van der Waals surface area contributed by atoms with Crippen molar-refractivity contribution in [1.82, 2.24) is 9.55 Å². The molecule has 0 amide bonds. The summed E-state index contributed by atoms with van der Waals surface area (Å²) >= 11 is 0. The van der Waals surface area contributed by atoms with Gasteiger partial charge in [0.2, 0.25) is 0 Å². The van der Waals surface area contributed by atoms with Gasteiger partial charge in [-0.25, -0.2) is 4.39 Å². The molecule has 0 spiro atoms. The number of pyridine rings is 2. The van der Waals surface area contributed by atoms with Crippen molar-refractivity contribution >= 4 is 13.2 Å². The first kappa shape index (κ1) is 18.5. The normalized spacial score (nSPS) is 19.0. The van der Waals surface area contributed by atoms with E-state index in [1.54, 1.807) is 30.7 Å². The number of hydrogen-bond acceptors (Lipinski definition) is 4. The summed E-state index contributed by atoms with van der Waals surface area (Å²) in [6.07, 6.45) is 6.22. The molecule has 1 aliphatic rings. The lowest BCUT2D eigenvalue weighted by atomic mass is 9.87. The van der Waals surface area contributed by atoms with Crippen molar-refractivity contribution in [1.29, 1.82) is 0 Å². The zero-order chi connectivity index (χ0) is 18.9. The predicted molar refractivity (Wildman–Crippen MR) is 99.2 cm³/mol. The van der Waals surface area contributed by atoms with Crippen LogP contribution in [-0.4, -0.2) is 27.9 Å². The molecule has 26 heavy (non-hydrogen) atoms. The molecule has 7 heteroatoms. The van der Waals surface area contributed by atoms with Crippen LogP contribution < -0.4 is 5.56 Å². The van der Waals surface area contributed by atoms with E-state index < -0.39 is 24.0 Å². The molecule has 0 saturated carbocycles. The van der Waals surface area contributed by atoms with Crippen molar-refractivity contribution in [2.24, 2.45) is 0 Å². The molecule has 1 aliphatic heterocycles. The van der Waals surface area contributed by atoms with Crippen molar-refractivity contribution < 1.29 is 13.7 Å². The van der Waals surface area contributed by atoms with Crippen LogP contribution in [0.4, 0.5) is 4.39 Å². The molecule has 0 aliphatic carbocycles. The van der Waals surface area contributed by atoms with E-state index in [1.807, 2.05) is 39.8 Å². The highest BCUT2D eigenvalue weighted by Crippen LogP contribution is 2.38. The van der Waals surface area contributed by atoms with Crippen molar-refractivity contribution in [2.45, 2.75) is 45.4 Å². The van der Waals surface area contributed by atoms with Gasteiger partial charge < -0.3 is 13.9 Å². The van der Waals surface area contributed by atoms with Gasteiger partial charge in [0.1, 0.15) is 5.73 Å². The Balaban J connectivity index is 1.85. The highest BCUT2D eigenvalue weighted by molar-refractivity contribution is 6.54. The van der Waals surface area contributed by atoms with E-state index in [2.05, 4.69) is 4.98 Å². The van der Waals surface area contributed by atoms with E-state index in [0.29, 0.717) is 6.54 Å². The van der Waals surface area contributed by atoms with E-state index in [4.69, 9.17) is 9.31 Å². The van der Waals surface area contributed by atoms with Gasteiger partial charge in [-0.2, -0.15) is 0 Å². The van der Waals surface area contributed by atoms with Crippen LogP contribution in [0.1, 0.15) is 38.8 Å². The summed E-state index contributed by atoms with van der Waals surface area (Å²) in [5.41, 5.74) is -1.06. The van der Waals surface area contributed by atoms with Crippen LogP contribution in [0, 0.1) is 0 Å². The topological polar surface area (TPSA) is 53.4 Å². The number of aromatic nitrogens is 2. The highest BCUT2D eigenvalue weighted by atomic mass is 19.1. The van der Waals surface area contributed by atoms with Crippen LogP contribution >= 0.6 is 0 Å². The maximum Gasteiger partial charge on any atom is 0.525 e. The lowest BCUT2D eigenvalue weighted by molar-refractivity contribution is 0.00578. The number of rotatable bonds is 4. The van der Waals surface area contributed by atoms with E-state index in [9.17, 15) is 9.18 Å². The van der Waals surface area contributed by atoms with Gasteiger partial charge in [-0.3, -0.25) is 9.78 Å². The molecule has 136 valence electrons. The van der Waals surface area contributed by atoms with Crippen molar-refractivity contribution in [3.63, 3.8) is 0 Å². The molecular formula is C19H22BFN2O3. The third kappa shape index (κ3) is 3.64. The maximum absolute atomic E-state index is 14.7. The quantitative estimate of drug-likeness (QED) is 0.790. The van der Waals surface area contributed by atoms with Gasteiger partial charge in [0.15, 0.2) is 0 Å². The summed E-state index contributed by atoms with van der Waals surface area (Å²) in [5.74, 6) is 0. The van der Waals surface area contributed by atoms with Gasteiger partial charge >= 0.3 is 7.12 Å². The second-order valence-electron chi connectivity index (χ2n) is 7.38. The van der Waals surface area contributed by atoms with E-state index in [0.717, 1.165) is 5.56 Å². The standard InChI is InChI=1S/C19H22BFN2O3/c1-18(2)19(3,4)26-20(25-18)16(21)11-15-8-6-10-23(17(15)24)13-14-7-5-9-22-12-14/h5-12H,13H2,1-4H3. The molecule has 1 fully saturated rings. The van der Waals surface area contributed by atoms with Crippen LogP contribution in [0.3, 0.4) is 0 Å². The first-order chi connectivity index (χ1) is 12.2. The summed E-state index contributed by atoms with van der Waals surface area (Å²) in [4.78, 5) is 16.7. The summed E-state index contributed by atoms with van der Waals surface area (Å²) in [6.45, 7) is 7.77. The fourth-order valence-electron chi connectivity index (χ4n) is 2.65. The first-order valence-electron chi connectivity index (χ1n) is 8.51. The average molecular weight is 356 g/mol. The molecule has 5 nitrogen and oxygen atoms in total. The molecule has 1 saturated heterocycles. The zero-order valence-electron chi connectivity index (χ0n) is 15.4. The second kappa shape index (κ2) is 6.81. The number of hydrogen-bond donors (Lipinski definition) is 0. The Morgan fingerprint density at radius 1 is 1.23 bits per heavy atom. The molecule has 0 unspecified atom stereocenters. The third-order valence-corrected chi connectivity index (χ3v) is 4.90. The molecule has 0 N–H and O–H groups in total. The van der Waals surface area contributed by atoms with Crippen molar-refractivity contribution in [3.8, 4) is 0 Å². The molecule has 2 aromatic heterocycles. The summed E-state index contributed by atoms with van der Waals surface area (Å²) < 4.78 is 27.5. The molecule has 0 bridgehead atoms. The van der Waals surface area contributed by atoms with E-state index >= 15 is 0 Å². The Labute approximate surface area is 152 Å². The van der Waals surface area contributed by atoms with Crippen LogP contribution in [-0.2, 0) is 15.9 Å². The molecule has 0 aromatic carbocycles. The summed E-state index contributed by atoms with van der Waals surface area (Å²) in [5, 5.41) is 0. The van der Waals surface area contributed by atoms with E-state index in [1.165, 1.54) is 10.6 Å². The molecule has 0 atom stereocenters. The lowest BCUT2D eigenvalue weighted by Gasteiger charge is -2.32. The van der Waals surface area contributed by atoms with Crippen molar-refractivity contribution in [2.75, 3.05) is 0 Å². The Morgan fingerprint density at radius 3 is 2.54 bits per heavy atom. The van der Waals surface area contributed by atoms with Gasteiger partial charge in [-0.05, 0) is 57.5 Å². The SMILES string of the molecule is CC1(C)OB(C(F)=Cc2cccn(Cc3cccnc3)c2=O)OC1(C)C. The van der Waals surface area contributed by atoms with E-state index in [-0.39, 0.29) is 11.1 Å². The Morgan fingerprint density at radius 2 is 1.92 bits per heavy atom. The lowest BCUT2D eigenvalue weighted by Crippen LogP contribution is -2.41. The number of halogens is 1. The van der Waals surface area contributed by atoms with Gasteiger partial charge in [-0.1, -0.05) is 6.07 Å². The summed E-state index contributed by atoms with van der Waals surface area (Å²) in [7, 11) is -1.12. The zero-order valence-corrected chi connectivity index (χ0v) is 15.4. The van der Waals surface area contributed by atoms with Crippen LogP contribution in [0.15, 0.2) is 53.4 Å². The monoisotopic (exact) mass is 356 g/mol.